The van der Waals surface area contributed by atoms with Crippen LogP contribution in [0.25, 0.3) is 0 Å². The summed E-state index contributed by atoms with van der Waals surface area (Å²) in [6.45, 7) is 6.03. The van der Waals surface area contributed by atoms with E-state index in [9.17, 15) is 4.79 Å². The molecule has 5 heteroatoms. The van der Waals surface area contributed by atoms with E-state index in [1.165, 1.54) is 12.6 Å². The lowest BCUT2D eigenvalue weighted by molar-refractivity contribution is 0.0924. The third-order valence-corrected chi connectivity index (χ3v) is 3.92. The number of nitrogens with one attached hydrogen (secondary N) is 2. The topological polar surface area (TPSA) is 77.8 Å². The van der Waals surface area contributed by atoms with E-state index in [1.54, 1.807) is 12.1 Å². The van der Waals surface area contributed by atoms with Crippen molar-refractivity contribution in [1.82, 2.24) is 15.6 Å². The molecule has 1 saturated heterocycles. The molecule has 1 aromatic rings. The highest BCUT2D eigenvalue weighted by atomic mass is 16.1. The first kappa shape index (κ1) is 14.5. The smallest absolute Gasteiger partial charge is 0.269 e. The fourth-order valence-electron chi connectivity index (χ4n) is 2.50. The Balaban J connectivity index is 1.93. The molecule has 1 unspecified atom stereocenters. The lowest BCUT2D eigenvalue weighted by atomic mass is 9.77. The minimum atomic E-state index is -0.197. The summed E-state index contributed by atoms with van der Waals surface area (Å²) < 4.78 is 0. The van der Waals surface area contributed by atoms with Gasteiger partial charge in [-0.2, -0.15) is 5.26 Å². The first-order valence-corrected chi connectivity index (χ1v) is 6.91. The molecule has 0 radical (unpaired) electrons. The highest BCUT2D eigenvalue weighted by Gasteiger charge is 2.32. The zero-order valence-electron chi connectivity index (χ0n) is 11.9. The van der Waals surface area contributed by atoms with Crippen molar-refractivity contribution in [3.05, 3.63) is 29.6 Å². The number of nitriles is 1. The minimum absolute atomic E-state index is 0.184. The van der Waals surface area contributed by atoms with E-state index in [0.29, 0.717) is 17.8 Å². The van der Waals surface area contributed by atoms with Crippen LogP contribution in [0.3, 0.4) is 0 Å². The summed E-state index contributed by atoms with van der Waals surface area (Å²) in [6, 6.07) is 5.44. The Labute approximate surface area is 119 Å². The van der Waals surface area contributed by atoms with Crippen LogP contribution >= 0.6 is 0 Å². The van der Waals surface area contributed by atoms with Crippen LogP contribution in [0.4, 0.5) is 0 Å². The number of amides is 1. The molecule has 1 aliphatic rings. The van der Waals surface area contributed by atoms with Gasteiger partial charge in [-0.1, -0.05) is 13.8 Å². The third-order valence-electron chi connectivity index (χ3n) is 3.92. The molecule has 0 bridgehead atoms. The molecule has 1 atom stereocenters. The molecule has 0 saturated carbocycles. The lowest BCUT2D eigenvalue weighted by Crippen LogP contribution is -2.52. The van der Waals surface area contributed by atoms with Gasteiger partial charge in [-0.25, -0.2) is 4.98 Å². The number of carbonyl (C=O) groups is 1. The van der Waals surface area contributed by atoms with Crippen molar-refractivity contribution in [2.45, 2.75) is 32.7 Å². The van der Waals surface area contributed by atoms with Crippen LogP contribution in [0.2, 0.25) is 0 Å². The molecule has 1 amide bonds. The second-order valence-corrected chi connectivity index (χ2v) is 5.85. The van der Waals surface area contributed by atoms with Gasteiger partial charge in [0.15, 0.2) is 0 Å². The van der Waals surface area contributed by atoms with Crippen LogP contribution < -0.4 is 10.6 Å². The molecule has 106 valence electrons. The van der Waals surface area contributed by atoms with Gasteiger partial charge in [0.05, 0.1) is 5.56 Å². The summed E-state index contributed by atoms with van der Waals surface area (Å²) in [5.74, 6) is -0.197. The SMILES string of the molecule is CC1(C)CCCNC1CNC(=O)c1ccc(C#N)cn1. The van der Waals surface area contributed by atoms with Crippen LogP contribution in [0.15, 0.2) is 18.3 Å². The number of rotatable bonds is 3. The van der Waals surface area contributed by atoms with Crippen molar-refractivity contribution in [2.24, 2.45) is 5.41 Å². The van der Waals surface area contributed by atoms with Crippen molar-refractivity contribution in [1.29, 1.82) is 5.26 Å². The number of aromatic nitrogens is 1. The van der Waals surface area contributed by atoms with Crippen LogP contribution in [0.1, 0.15) is 42.7 Å². The van der Waals surface area contributed by atoms with Crippen molar-refractivity contribution in [2.75, 3.05) is 13.1 Å². The average Bonchev–Trinajstić information content (AvgIpc) is 2.45. The van der Waals surface area contributed by atoms with E-state index in [-0.39, 0.29) is 17.4 Å². The van der Waals surface area contributed by atoms with Crippen molar-refractivity contribution in [3.63, 3.8) is 0 Å². The van der Waals surface area contributed by atoms with E-state index in [4.69, 9.17) is 5.26 Å². The average molecular weight is 272 g/mol. The summed E-state index contributed by atoms with van der Waals surface area (Å²) in [5.41, 5.74) is 0.984. The molecule has 2 heterocycles. The number of piperidine rings is 1. The molecule has 5 nitrogen and oxygen atoms in total. The first-order valence-electron chi connectivity index (χ1n) is 6.91. The second-order valence-electron chi connectivity index (χ2n) is 5.85. The Hall–Kier alpha value is -1.93. The summed E-state index contributed by atoms with van der Waals surface area (Å²) in [7, 11) is 0. The maximum atomic E-state index is 12.0. The zero-order chi connectivity index (χ0) is 14.6. The molecule has 2 N–H and O–H groups in total. The van der Waals surface area contributed by atoms with Gasteiger partial charge >= 0.3 is 0 Å². The predicted octanol–water partition coefficient (Wildman–Crippen LogP) is 1.46. The highest BCUT2D eigenvalue weighted by Crippen LogP contribution is 2.29. The largest absolute Gasteiger partial charge is 0.349 e. The second kappa shape index (κ2) is 6.02. The monoisotopic (exact) mass is 272 g/mol. The van der Waals surface area contributed by atoms with E-state index in [2.05, 4.69) is 29.5 Å². The fourth-order valence-corrected chi connectivity index (χ4v) is 2.50. The summed E-state index contributed by atoms with van der Waals surface area (Å²) in [4.78, 5) is 16.0. The van der Waals surface area contributed by atoms with Crippen molar-refractivity contribution < 1.29 is 4.79 Å². The van der Waals surface area contributed by atoms with Gasteiger partial charge in [0.25, 0.3) is 5.91 Å². The maximum Gasteiger partial charge on any atom is 0.269 e. The number of hydrogen-bond donors (Lipinski definition) is 2. The quantitative estimate of drug-likeness (QED) is 0.873. The lowest BCUT2D eigenvalue weighted by Gasteiger charge is -2.39. The fraction of sp³-hybridized carbons (Fsp3) is 0.533. The standard InChI is InChI=1S/C15H20N4O/c1-15(2)6-3-7-17-13(15)10-19-14(20)12-5-4-11(8-16)9-18-12/h4-5,9,13,17H,3,6-7,10H2,1-2H3,(H,19,20). The molecule has 1 fully saturated rings. The predicted molar refractivity (Wildman–Crippen MR) is 76.1 cm³/mol. The minimum Gasteiger partial charge on any atom is -0.349 e. The Morgan fingerprint density at radius 3 is 3.00 bits per heavy atom. The summed E-state index contributed by atoms with van der Waals surface area (Å²) >= 11 is 0. The van der Waals surface area contributed by atoms with E-state index < -0.39 is 0 Å². The Bertz CT molecular complexity index is 516. The zero-order valence-corrected chi connectivity index (χ0v) is 11.9. The van der Waals surface area contributed by atoms with Crippen molar-refractivity contribution in [3.8, 4) is 6.07 Å². The maximum absolute atomic E-state index is 12.0. The van der Waals surface area contributed by atoms with E-state index in [0.717, 1.165) is 13.0 Å². The van der Waals surface area contributed by atoms with Crippen molar-refractivity contribution >= 4 is 5.91 Å². The molecule has 0 spiro atoms. The first-order chi connectivity index (χ1) is 9.53. The Kier molecular flexibility index (Phi) is 4.35. The van der Waals surface area contributed by atoms with Gasteiger partial charge in [-0.15, -0.1) is 0 Å². The van der Waals surface area contributed by atoms with Crippen LogP contribution in [-0.2, 0) is 0 Å². The number of hydrogen-bond acceptors (Lipinski definition) is 4. The van der Waals surface area contributed by atoms with Gasteiger partial charge in [-0.05, 0) is 36.9 Å². The normalized spacial score (nSPS) is 20.9. The molecule has 0 aliphatic carbocycles. The van der Waals surface area contributed by atoms with Crippen LogP contribution in [0.5, 0.6) is 0 Å². The summed E-state index contributed by atoms with van der Waals surface area (Å²) in [5, 5.41) is 15.1. The van der Waals surface area contributed by atoms with E-state index >= 15 is 0 Å². The Morgan fingerprint density at radius 2 is 2.40 bits per heavy atom. The van der Waals surface area contributed by atoms with Gasteiger partial charge in [0.1, 0.15) is 11.8 Å². The van der Waals surface area contributed by atoms with Gasteiger partial charge in [0, 0.05) is 18.8 Å². The number of carbonyl (C=O) groups excluding carboxylic acids is 1. The highest BCUT2D eigenvalue weighted by molar-refractivity contribution is 5.92. The number of pyridine rings is 1. The molecule has 1 aliphatic heterocycles. The van der Waals surface area contributed by atoms with Crippen LogP contribution in [0, 0.1) is 16.7 Å². The van der Waals surface area contributed by atoms with Gasteiger partial charge in [0.2, 0.25) is 0 Å². The van der Waals surface area contributed by atoms with Crippen LogP contribution in [-0.4, -0.2) is 30.0 Å². The molecule has 1 aromatic heterocycles. The Morgan fingerprint density at radius 1 is 1.60 bits per heavy atom. The van der Waals surface area contributed by atoms with E-state index in [1.807, 2.05) is 6.07 Å². The third kappa shape index (κ3) is 3.34. The summed E-state index contributed by atoms with van der Waals surface area (Å²) in [6.07, 6.45) is 3.75. The van der Waals surface area contributed by atoms with Gasteiger partial charge in [-0.3, -0.25) is 4.79 Å². The molecule has 0 aromatic carbocycles. The molecular formula is C15H20N4O. The molecule has 20 heavy (non-hydrogen) atoms. The molecule has 2 rings (SSSR count). The van der Waals surface area contributed by atoms with Gasteiger partial charge < -0.3 is 10.6 Å². The number of nitrogens with zero attached hydrogens (tertiary/aromatic N) is 2. The molecular weight excluding hydrogens is 252 g/mol.